The van der Waals surface area contributed by atoms with Crippen LogP contribution in [0.4, 0.5) is 5.82 Å². The Bertz CT molecular complexity index is 570. The van der Waals surface area contributed by atoms with E-state index in [1.165, 1.54) is 0 Å². The molecule has 0 amide bonds. The highest BCUT2D eigenvalue weighted by atomic mass is 16.5. The van der Waals surface area contributed by atoms with Gasteiger partial charge in [0.1, 0.15) is 22.8 Å². The van der Waals surface area contributed by atoms with Gasteiger partial charge in [-0.3, -0.25) is 0 Å². The third-order valence-electron chi connectivity index (χ3n) is 2.91. The molecule has 0 atom stereocenters. The summed E-state index contributed by atoms with van der Waals surface area (Å²) in [5.74, 6) is 7.58. The molecule has 1 aromatic heterocycles. The lowest BCUT2D eigenvalue weighted by Gasteiger charge is -2.12. The van der Waals surface area contributed by atoms with Crippen LogP contribution >= 0.6 is 0 Å². The number of ether oxygens (including phenoxy) is 2. The maximum Gasteiger partial charge on any atom is 0.148 e. The number of aromatic nitrogens is 1. The van der Waals surface area contributed by atoms with Crippen LogP contribution in [0.5, 0.6) is 11.5 Å². The average molecular weight is 247 g/mol. The fourth-order valence-electron chi connectivity index (χ4n) is 1.94. The van der Waals surface area contributed by atoms with E-state index in [-0.39, 0.29) is 0 Å². The smallest absolute Gasteiger partial charge is 0.148 e. The zero-order valence-corrected chi connectivity index (χ0v) is 10.8. The summed E-state index contributed by atoms with van der Waals surface area (Å²) < 4.78 is 10.6. The van der Waals surface area contributed by atoms with E-state index >= 15 is 0 Å². The highest BCUT2D eigenvalue weighted by Crippen LogP contribution is 2.32. The number of hydrogen-bond donors (Lipinski definition) is 2. The Labute approximate surface area is 106 Å². The number of rotatable bonds is 4. The first kappa shape index (κ1) is 12.4. The standard InChI is InChI=1S/C13H17N3O2/c1-4-8-5-9-6-10(17-2)7-11(18-3)12(9)15-13(8)16-14/h5-7H,4,14H2,1-3H3,(H,15,16). The Kier molecular flexibility index (Phi) is 3.53. The van der Waals surface area contributed by atoms with Gasteiger partial charge in [0, 0.05) is 11.5 Å². The number of fused-ring (bicyclic) bond motifs is 1. The lowest BCUT2D eigenvalue weighted by Crippen LogP contribution is -2.11. The second-order valence-corrected chi connectivity index (χ2v) is 3.90. The molecule has 0 aliphatic rings. The van der Waals surface area contributed by atoms with Crippen molar-refractivity contribution >= 4 is 16.7 Å². The highest BCUT2D eigenvalue weighted by molar-refractivity contribution is 5.88. The van der Waals surface area contributed by atoms with Crippen molar-refractivity contribution in [2.24, 2.45) is 5.84 Å². The van der Waals surface area contributed by atoms with Gasteiger partial charge in [0.25, 0.3) is 0 Å². The van der Waals surface area contributed by atoms with E-state index < -0.39 is 0 Å². The third-order valence-corrected chi connectivity index (χ3v) is 2.91. The summed E-state index contributed by atoms with van der Waals surface area (Å²) >= 11 is 0. The topological polar surface area (TPSA) is 69.4 Å². The first-order chi connectivity index (χ1) is 8.73. The molecule has 0 saturated carbocycles. The summed E-state index contributed by atoms with van der Waals surface area (Å²) in [6, 6.07) is 5.79. The SMILES string of the molecule is CCc1cc2cc(OC)cc(OC)c2nc1NN. The molecule has 0 aliphatic carbocycles. The van der Waals surface area contributed by atoms with Crippen LogP contribution in [0.15, 0.2) is 18.2 Å². The van der Waals surface area contributed by atoms with Crippen LogP contribution in [-0.2, 0) is 6.42 Å². The molecular weight excluding hydrogens is 230 g/mol. The predicted molar refractivity (Wildman–Crippen MR) is 72.0 cm³/mol. The van der Waals surface area contributed by atoms with Crippen molar-refractivity contribution in [3.05, 3.63) is 23.8 Å². The number of anilines is 1. The van der Waals surface area contributed by atoms with Crippen LogP contribution in [0.3, 0.4) is 0 Å². The predicted octanol–water partition coefficient (Wildman–Crippen LogP) is 2.10. The molecule has 3 N–H and O–H groups in total. The Balaban J connectivity index is 2.74. The molecule has 0 spiro atoms. The zero-order chi connectivity index (χ0) is 13.1. The number of nitrogen functional groups attached to an aromatic ring is 1. The molecule has 5 heteroatoms. The molecule has 0 unspecified atom stereocenters. The summed E-state index contributed by atoms with van der Waals surface area (Å²) in [7, 11) is 3.24. The van der Waals surface area contributed by atoms with Crippen LogP contribution in [0.2, 0.25) is 0 Å². The first-order valence-electron chi connectivity index (χ1n) is 5.75. The number of nitrogens with two attached hydrogens (primary N) is 1. The molecule has 5 nitrogen and oxygen atoms in total. The maximum absolute atomic E-state index is 5.49. The Morgan fingerprint density at radius 3 is 2.56 bits per heavy atom. The molecule has 0 saturated heterocycles. The normalized spacial score (nSPS) is 10.4. The van der Waals surface area contributed by atoms with Crippen LogP contribution in [-0.4, -0.2) is 19.2 Å². The second kappa shape index (κ2) is 5.10. The number of benzene rings is 1. The molecule has 0 fully saturated rings. The quantitative estimate of drug-likeness (QED) is 0.639. The molecule has 0 bridgehead atoms. The van der Waals surface area contributed by atoms with E-state index in [1.54, 1.807) is 20.3 Å². The summed E-state index contributed by atoms with van der Waals surface area (Å²) in [6.07, 6.45) is 0.849. The Morgan fingerprint density at radius 1 is 1.22 bits per heavy atom. The molecule has 2 aromatic rings. The van der Waals surface area contributed by atoms with E-state index in [4.69, 9.17) is 15.3 Å². The Hall–Kier alpha value is -2.01. The Morgan fingerprint density at radius 2 is 2.00 bits per heavy atom. The van der Waals surface area contributed by atoms with Gasteiger partial charge in [0.2, 0.25) is 0 Å². The molecule has 2 rings (SSSR count). The lowest BCUT2D eigenvalue weighted by atomic mass is 10.1. The van der Waals surface area contributed by atoms with Crippen LogP contribution in [0.1, 0.15) is 12.5 Å². The van der Waals surface area contributed by atoms with Gasteiger partial charge in [-0.25, -0.2) is 10.8 Å². The number of methoxy groups -OCH3 is 2. The molecule has 0 radical (unpaired) electrons. The molecule has 1 heterocycles. The summed E-state index contributed by atoms with van der Waals surface area (Å²) in [5.41, 5.74) is 4.44. The summed E-state index contributed by atoms with van der Waals surface area (Å²) in [4.78, 5) is 4.49. The van der Waals surface area contributed by atoms with Gasteiger partial charge in [-0.05, 0) is 24.1 Å². The number of nitrogens with zero attached hydrogens (tertiary/aromatic N) is 1. The first-order valence-corrected chi connectivity index (χ1v) is 5.75. The number of pyridine rings is 1. The highest BCUT2D eigenvalue weighted by Gasteiger charge is 2.10. The van der Waals surface area contributed by atoms with E-state index in [0.717, 1.165) is 28.6 Å². The van der Waals surface area contributed by atoms with Crippen LogP contribution in [0, 0.1) is 0 Å². The summed E-state index contributed by atoms with van der Waals surface area (Å²) in [6.45, 7) is 2.06. The van der Waals surface area contributed by atoms with Crippen molar-refractivity contribution in [1.29, 1.82) is 0 Å². The lowest BCUT2D eigenvalue weighted by molar-refractivity contribution is 0.397. The minimum atomic E-state index is 0.670. The minimum Gasteiger partial charge on any atom is -0.497 e. The zero-order valence-electron chi connectivity index (χ0n) is 10.8. The van der Waals surface area contributed by atoms with Gasteiger partial charge in [-0.15, -0.1) is 0 Å². The van der Waals surface area contributed by atoms with Crippen LogP contribution < -0.4 is 20.7 Å². The van der Waals surface area contributed by atoms with Gasteiger partial charge < -0.3 is 14.9 Å². The fraction of sp³-hybridized carbons (Fsp3) is 0.308. The van der Waals surface area contributed by atoms with Gasteiger partial charge >= 0.3 is 0 Å². The summed E-state index contributed by atoms with van der Waals surface area (Å²) in [5, 5.41) is 0.974. The van der Waals surface area contributed by atoms with Crippen LogP contribution in [0.25, 0.3) is 10.9 Å². The van der Waals surface area contributed by atoms with Gasteiger partial charge in [-0.1, -0.05) is 6.92 Å². The van der Waals surface area contributed by atoms with Gasteiger partial charge in [0.05, 0.1) is 14.2 Å². The second-order valence-electron chi connectivity index (χ2n) is 3.90. The van der Waals surface area contributed by atoms with Gasteiger partial charge in [0.15, 0.2) is 0 Å². The number of nitrogens with one attached hydrogen (secondary N) is 1. The van der Waals surface area contributed by atoms with Crippen molar-refractivity contribution < 1.29 is 9.47 Å². The number of hydrogen-bond acceptors (Lipinski definition) is 5. The van der Waals surface area contributed by atoms with E-state index in [2.05, 4.69) is 17.3 Å². The molecule has 18 heavy (non-hydrogen) atoms. The van der Waals surface area contributed by atoms with Crippen molar-refractivity contribution in [2.45, 2.75) is 13.3 Å². The molecular formula is C13H17N3O2. The fourth-order valence-corrected chi connectivity index (χ4v) is 1.94. The molecule has 1 aromatic carbocycles. The van der Waals surface area contributed by atoms with Crippen molar-refractivity contribution in [3.8, 4) is 11.5 Å². The van der Waals surface area contributed by atoms with Crippen molar-refractivity contribution in [1.82, 2.24) is 4.98 Å². The maximum atomic E-state index is 5.49. The monoisotopic (exact) mass is 247 g/mol. The average Bonchev–Trinajstić information content (AvgIpc) is 2.44. The number of hydrazine groups is 1. The van der Waals surface area contributed by atoms with Gasteiger partial charge in [-0.2, -0.15) is 0 Å². The van der Waals surface area contributed by atoms with E-state index in [1.807, 2.05) is 12.1 Å². The minimum absolute atomic E-state index is 0.670. The van der Waals surface area contributed by atoms with E-state index in [0.29, 0.717) is 11.6 Å². The van der Waals surface area contributed by atoms with Crippen molar-refractivity contribution in [3.63, 3.8) is 0 Å². The molecule has 96 valence electrons. The third kappa shape index (κ3) is 2.04. The number of aryl methyl sites for hydroxylation is 1. The largest absolute Gasteiger partial charge is 0.497 e. The molecule has 0 aliphatic heterocycles. The van der Waals surface area contributed by atoms with Crippen molar-refractivity contribution in [2.75, 3.05) is 19.6 Å². The van der Waals surface area contributed by atoms with E-state index in [9.17, 15) is 0 Å².